The summed E-state index contributed by atoms with van der Waals surface area (Å²) < 4.78 is 14.3. The van der Waals surface area contributed by atoms with E-state index < -0.39 is 0 Å². The molecule has 0 spiro atoms. The highest BCUT2D eigenvalue weighted by atomic mass is 127. The van der Waals surface area contributed by atoms with Crippen molar-refractivity contribution < 1.29 is 9.47 Å². The van der Waals surface area contributed by atoms with E-state index in [1.807, 2.05) is 49.5 Å². The first-order valence-corrected chi connectivity index (χ1v) is 12.6. The van der Waals surface area contributed by atoms with Crippen molar-refractivity contribution in [2.75, 3.05) is 14.2 Å². The van der Waals surface area contributed by atoms with Crippen molar-refractivity contribution in [2.24, 2.45) is 5.10 Å². The van der Waals surface area contributed by atoms with Crippen LogP contribution in [0.5, 0.6) is 17.2 Å². The quantitative estimate of drug-likeness (QED) is 0.252. The van der Waals surface area contributed by atoms with Crippen molar-refractivity contribution in [1.29, 1.82) is 0 Å². The zero-order chi connectivity index (χ0) is 23.7. The van der Waals surface area contributed by atoms with Crippen molar-refractivity contribution in [2.45, 2.75) is 6.92 Å². The number of rotatable bonds is 6. The van der Waals surface area contributed by atoms with Gasteiger partial charge in [0.25, 0.3) is 0 Å². The highest BCUT2D eigenvalue weighted by Crippen LogP contribution is 2.48. The Balaban J connectivity index is 1.49. The summed E-state index contributed by atoms with van der Waals surface area (Å²) in [6.45, 7) is 2.14. The molecule has 6 nitrogen and oxygen atoms in total. The van der Waals surface area contributed by atoms with Crippen LogP contribution in [-0.2, 0) is 0 Å². The number of amidine groups is 1. The van der Waals surface area contributed by atoms with Crippen LogP contribution in [0.2, 0.25) is 0 Å². The van der Waals surface area contributed by atoms with Crippen LogP contribution in [0, 0.1) is 10.5 Å². The van der Waals surface area contributed by atoms with Gasteiger partial charge in [-0.1, -0.05) is 24.3 Å². The van der Waals surface area contributed by atoms with E-state index >= 15 is 0 Å². The van der Waals surface area contributed by atoms with Crippen molar-refractivity contribution in [3.05, 3.63) is 81.4 Å². The van der Waals surface area contributed by atoms with Gasteiger partial charge in [0.15, 0.2) is 11.6 Å². The van der Waals surface area contributed by atoms with Crippen LogP contribution < -0.4 is 20.4 Å². The van der Waals surface area contributed by atoms with E-state index in [0.717, 1.165) is 43.6 Å². The molecule has 0 saturated heterocycles. The first-order chi connectivity index (χ1) is 16.5. The fraction of sp³-hybridized carbons (Fsp3) is 0.115. The van der Waals surface area contributed by atoms with E-state index in [0.29, 0.717) is 0 Å². The summed E-state index contributed by atoms with van der Waals surface area (Å²) in [6.07, 6.45) is 3.92. The molecule has 2 N–H and O–H groups in total. The van der Waals surface area contributed by atoms with Crippen LogP contribution in [-0.4, -0.2) is 25.1 Å². The van der Waals surface area contributed by atoms with Gasteiger partial charge in [-0.3, -0.25) is 5.43 Å². The monoisotopic (exact) mass is 582 g/mol. The lowest BCUT2D eigenvalue weighted by molar-refractivity contribution is 0.259. The van der Waals surface area contributed by atoms with Gasteiger partial charge < -0.3 is 9.47 Å². The van der Waals surface area contributed by atoms with Crippen molar-refractivity contribution in [3.8, 4) is 27.7 Å². The number of halogens is 1. The van der Waals surface area contributed by atoms with Gasteiger partial charge in [-0.15, -0.1) is 22.0 Å². The Morgan fingerprint density at radius 1 is 1.00 bits per heavy atom. The maximum Gasteiger partial charge on any atom is 0.163 e. The molecule has 172 valence electrons. The molecule has 1 aliphatic heterocycles. The van der Waals surface area contributed by atoms with Gasteiger partial charge in [0.2, 0.25) is 0 Å². The summed E-state index contributed by atoms with van der Waals surface area (Å²) in [5.74, 6) is 3.24. The zero-order valence-electron chi connectivity index (χ0n) is 18.9. The Bertz CT molecular complexity index is 1410. The van der Waals surface area contributed by atoms with Crippen molar-refractivity contribution >= 4 is 55.9 Å². The second-order valence-corrected chi connectivity index (χ2v) is 10.1. The predicted molar refractivity (Wildman–Crippen MR) is 148 cm³/mol. The number of nitrogens with zero attached hydrogens (tertiary/aromatic N) is 2. The van der Waals surface area contributed by atoms with E-state index in [-0.39, 0.29) is 0 Å². The number of fused-ring (bicyclic) bond motifs is 1. The molecule has 0 aliphatic carbocycles. The SMILES string of the molecule is COc1ccc2c(Oc3ccc(/C=C/C4=NN(C)NN4)cc3)c(-c3ccc(I)cc3C)sc2c1. The number of aryl methyl sites for hydroxylation is 1. The van der Waals surface area contributed by atoms with Crippen LogP contribution in [0.15, 0.2) is 71.8 Å². The summed E-state index contributed by atoms with van der Waals surface area (Å²) in [5, 5.41) is 6.96. The number of hydrazine groups is 2. The summed E-state index contributed by atoms with van der Waals surface area (Å²) in [4.78, 5) is 1.11. The number of ether oxygens (including phenoxy) is 2. The second-order valence-electron chi connectivity index (χ2n) is 7.83. The van der Waals surface area contributed by atoms with E-state index in [2.05, 4.69) is 75.9 Å². The summed E-state index contributed by atoms with van der Waals surface area (Å²) in [7, 11) is 3.52. The molecule has 2 heterocycles. The molecule has 0 radical (unpaired) electrons. The molecular weight excluding hydrogens is 559 g/mol. The van der Waals surface area contributed by atoms with Gasteiger partial charge in [0.1, 0.15) is 11.5 Å². The Morgan fingerprint density at radius 2 is 1.79 bits per heavy atom. The number of hydrazone groups is 1. The maximum absolute atomic E-state index is 6.51. The largest absolute Gasteiger partial charge is 0.497 e. The molecule has 4 aromatic rings. The average molecular weight is 582 g/mol. The molecule has 3 aromatic carbocycles. The van der Waals surface area contributed by atoms with Gasteiger partial charge in [-0.05, 0) is 94.7 Å². The number of thiophene rings is 1. The van der Waals surface area contributed by atoms with E-state index in [9.17, 15) is 0 Å². The normalized spacial score (nSPS) is 13.4. The van der Waals surface area contributed by atoms with Crippen LogP contribution in [0.25, 0.3) is 26.6 Å². The third kappa shape index (κ3) is 4.75. The summed E-state index contributed by atoms with van der Waals surface area (Å²) in [6, 6.07) is 20.7. The molecule has 0 atom stereocenters. The minimum atomic E-state index is 0.750. The number of benzene rings is 3. The topological polar surface area (TPSA) is 58.1 Å². The zero-order valence-corrected chi connectivity index (χ0v) is 21.9. The van der Waals surface area contributed by atoms with Crippen molar-refractivity contribution in [3.63, 3.8) is 0 Å². The minimum Gasteiger partial charge on any atom is -0.497 e. The third-order valence-corrected chi connectivity index (χ3v) is 7.26. The third-order valence-electron chi connectivity index (χ3n) is 5.42. The van der Waals surface area contributed by atoms with E-state index in [1.54, 1.807) is 23.6 Å². The second kappa shape index (κ2) is 9.65. The Labute approximate surface area is 216 Å². The molecule has 1 aliphatic rings. The average Bonchev–Trinajstić information content (AvgIpc) is 3.41. The van der Waals surface area contributed by atoms with Crippen molar-refractivity contribution in [1.82, 2.24) is 16.1 Å². The van der Waals surface area contributed by atoms with Crippen LogP contribution in [0.1, 0.15) is 11.1 Å². The van der Waals surface area contributed by atoms with E-state index in [4.69, 9.17) is 9.47 Å². The molecular formula is C26H23IN4O2S. The molecule has 0 saturated carbocycles. The molecule has 0 amide bonds. The number of methoxy groups -OCH3 is 1. The fourth-order valence-corrected chi connectivity index (χ4v) is 5.60. The van der Waals surface area contributed by atoms with Gasteiger partial charge in [0.05, 0.1) is 12.0 Å². The summed E-state index contributed by atoms with van der Waals surface area (Å²) >= 11 is 4.07. The van der Waals surface area contributed by atoms with Crippen LogP contribution in [0.4, 0.5) is 0 Å². The van der Waals surface area contributed by atoms with Gasteiger partial charge in [-0.2, -0.15) is 0 Å². The molecule has 1 aromatic heterocycles. The summed E-state index contributed by atoms with van der Waals surface area (Å²) in [5.41, 5.74) is 9.32. The molecule has 0 fully saturated rings. The molecule has 5 rings (SSSR count). The number of nitrogens with one attached hydrogen (secondary N) is 2. The number of hydrogen-bond acceptors (Lipinski definition) is 7. The van der Waals surface area contributed by atoms with E-state index in [1.165, 1.54) is 14.7 Å². The van der Waals surface area contributed by atoms with Crippen LogP contribution >= 0.6 is 33.9 Å². The Hall–Kier alpha value is -3.08. The lowest BCUT2D eigenvalue weighted by atomic mass is 10.1. The highest BCUT2D eigenvalue weighted by molar-refractivity contribution is 14.1. The highest BCUT2D eigenvalue weighted by Gasteiger charge is 2.18. The van der Waals surface area contributed by atoms with Gasteiger partial charge >= 0.3 is 0 Å². The lowest BCUT2D eigenvalue weighted by Crippen LogP contribution is -2.35. The number of hydrogen-bond donors (Lipinski definition) is 2. The smallest absolute Gasteiger partial charge is 0.163 e. The lowest BCUT2D eigenvalue weighted by Gasteiger charge is -2.10. The Morgan fingerprint density at radius 3 is 2.50 bits per heavy atom. The maximum atomic E-state index is 6.51. The molecule has 8 heteroatoms. The predicted octanol–water partition coefficient (Wildman–Crippen LogP) is 6.56. The molecule has 0 bridgehead atoms. The molecule has 34 heavy (non-hydrogen) atoms. The minimum absolute atomic E-state index is 0.750. The fourth-order valence-electron chi connectivity index (χ4n) is 3.71. The molecule has 0 unspecified atom stereocenters. The Kier molecular flexibility index (Phi) is 6.44. The van der Waals surface area contributed by atoms with Gasteiger partial charge in [0, 0.05) is 20.7 Å². The first kappa shape index (κ1) is 22.7. The van der Waals surface area contributed by atoms with Gasteiger partial charge in [-0.25, -0.2) is 5.12 Å². The first-order valence-electron chi connectivity index (χ1n) is 10.7. The van der Waals surface area contributed by atoms with Crippen LogP contribution in [0.3, 0.4) is 0 Å². The standard InChI is InChI=1S/C26H23IN4O2S/c1-16-14-18(27)7-11-21(16)26-25(22-12-10-20(32-3)15-23(22)34-26)33-19-8-4-17(5-9-19)6-13-24-28-30-31(2)29-24/h4-15,30H,1-3H3,(H,28,29)/b13-6+.